The average molecular weight is 340 g/mol. The fourth-order valence-corrected chi connectivity index (χ4v) is 2.83. The van der Waals surface area contributed by atoms with Crippen LogP contribution >= 0.6 is 0 Å². The third kappa shape index (κ3) is 6.38. The molecule has 5 heteroatoms. The first-order valence-corrected chi connectivity index (χ1v) is 8.78. The van der Waals surface area contributed by atoms with Gasteiger partial charge in [0.15, 0.2) is 0 Å². The molecule has 5 nitrogen and oxygen atoms in total. The van der Waals surface area contributed by atoms with Crippen LogP contribution in [0.15, 0.2) is 23.8 Å². The minimum absolute atomic E-state index is 0.283. The van der Waals surface area contributed by atoms with Crippen LogP contribution in [0.1, 0.15) is 59.3 Å². The van der Waals surface area contributed by atoms with Crippen molar-refractivity contribution >= 4 is 5.97 Å². The number of esters is 1. The highest BCUT2D eigenvalue weighted by atomic mass is 17.2. The Bertz CT molecular complexity index is 433. The van der Waals surface area contributed by atoms with Gasteiger partial charge in [0.25, 0.3) is 0 Å². The fraction of sp³-hybridized carbons (Fsp3) is 0.737. The standard InChI is InChI=1S/C19H32O5/c1-6-10-15(2)11-8-7-9-13-19(22-5)14-12-17(23-24-19)16(3)18(20)21-4/h8,10-11,16-17H,6-7,9,12-14H2,1-5H3/b11-8+,15-10+/t16-,17+,19-/m1/s1. The molecule has 1 fully saturated rings. The zero-order valence-electron chi connectivity index (χ0n) is 15.7. The molecule has 0 spiro atoms. The molecule has 1 rings (SSSR count). The molecular weight excluding hydrogens is 308 g/mol. The van der Waals surface area contributed by atoms with Gasteiger partial charge in [-0.05, 0) is 39.5 Å². The summed E-state index contributed by atoms with van der Waals surface area (Å²) in [6.45, 7) is 6.03. The fourth-order valence-electron chi connectivity index (χ4n) is 2.83. The molecule has 138 valence electrons. The van der Waals surface area contributed by atoms with Gasteiger partial charge < -0.3 is 9.47 Å². The third-order valence-electron chi connectivity index (χ3n) is 4.47. The smallest absolute Gasteiger partial charge is 0.311 e. The summed E-state index contributed by atoms with van der Waals surface area (Å²) < 4.78 is 10.3. The van der Waals surface area contributed by atoms with Gasteiger partial charge in [-0.15, -0.1) is 0 Å². The lowest BCUT2D eigenvalue weighted by atomic mass is 9.94. The Morgan fingerprint density at radius 2 is 2.17 bits per heavy atom. The normalized spacial score (nSPS) is 26.5. The highest BCUT2D eigenvalue weighted by Crippen LogP contribution is 2.34. The summed E-state index contributed by atoms with van der Waals surface area (Å²) >= 11 is 0. The number of ether oxygens (including phenoxy) is 2. The Balaban J connectivity index is 2.41. The Labute approximate surface area is 145 Å². The maximum atomic E-state index is 11.6. The Morgan fingerprint density at radius 3 is 2.71 bits per heavy atom. The van der Waals surface area contributed by atoms with Crippen molar-refractivity contribution in [2.75, 3.05) is 14.2 Å². The van der Waals surface area contributed by atoms with E-state index in [0.29, 0.717) is 12.8 Å². The van der Waals surface area contributed by atoms with Crippen molar-refractivity contribution in [2.45, 2.75) is 71.2 Å². The minimum Gasteiger partial charge on any atom is -0.469 e. The van der Waals surface area contributed by atoms with Crippen molar-refractivity contribution < 1.29 is 24.0 Å². The van der Waals surface area contributed by atoms with E-state index in [9.17, 15) is 4.79 Å². The summed E-state index contributed by atoms with van der Waals surface area (Å²) in [6.07, 6.45) is 11.4. The summed E-state index contributed by atoms with van der Waals surface area (Å²) in [5.74, 6) is -1.34. The number of unbranched alkanes of at least 4 members (excludes halogenated alkanes) is 1. The first-order valence-electron chi connectivity index (χ1n) is 8.78. The number of hydrogen-bond acceptors (Lipinski definition) is 5. The van der Waals surface area contributed by atoms with Gasteiger partial charge in [0.05, 0.1) is 13.0 Å². The van der Waals surface area contributed by atoms with Crippen molar-refractivity contribution in [3.63, 3.8) is 0 Å². The minimum atomic E-state index is -0.714. The molecule has 0 bridgehead atoms. The summed E-state index contributed by atoms with van der Waals surface area (Å²) in [4.78, 5) is 22.6. The number of carbonyl (C=O) groups excluding carboxylic acids is 1. The highest BCUT2D eigenvalue weighted by molar-refractivity contribution is 5.72. The third-order valence-corrected chi connectivity index (χ3v) is 4.47. The zero-order valence-corrected chi connectivity index (χ0v) is 15.7. The van der Waals surface area contributed by atoms with Crippen LogP contribution in [0.4, 0.5) is 0 Å². The molecule has 0 N–H and O–H groups in total. The van der Waals surface area contributed by atoms with Gasteiger partial charge in [0.1, 0.15) is 6.10 Å². The summed E-state index contributed by atoms with van der Waals surface area (Å²) in [7, 11) is 3.02. The molecule has 1 heterocycles. The quantitative estimate of drug-likeness (QED) is 0.271. The first-order chi connectivity index (χ1) is 11.5. The Hall–Kier alpha value is -1.17. The largest absolute Gasteiger partial charge is 0.469 e. The maximum absolute atomic E-state index is 11.6. The van der Waals surface area contributed by atoms with E-state index in [2.05, 4.69) is 32.1 Å². The highest BCUT2D eigenvalue weighted by Gasteiger charge is 2.41. The van der Waals surface area contributed by atoms with Crippen LogP contribution in [-0.4, -0.2) is 32.1 Å². The van der Waals surface area contributed by atoms with E-state index in [1.54, 1.807) is 14.0 Å². The van der Waals surface area contributed by atoms with Gasteiger partial charge in [-0.2, -0.15) is 0 Å². The predicted octanol–water partition coefficient (Wildman–Crippen LogP) is 4.33. The predicted molar refractivity (Wildman–Crippen MR) is 93.2 cm³/mol. The molecule has 0 unspecified atom stereocenters. The molecule has 0 radical (unpaired) electrons. The molecule has 0 saturated carbocycles. The molecular formula is C19H32O5. The van der Waals surface area contributed by atoms with Crippen LogP contribution in [-0.2, 0) is 24.0 Å². The SMILES string of the molecule is CC/C=C(C)/C=C/CCC[C@]1(OC)CC[C@@H]([C@@H](C)C(=O)OC)OO1. The molecule has 3 atom stereocenters. The summed E-state index contributed by atoms with van der Waals surface area (Å²) in [5.41, 5.74) is 1.29. The zero-order chi connectivity index (χ0) is 18.0. The number of rotatable bonds is 9. The van der Waals surface area contributed by atoms with Crippen molar-refractivity contribution in [1.29, 1.82) is 0 Å². The van der Waals surface area contributed by atoms with E-state index in [1.165, 1.54) is 12.7 Å². The van der Waals surface area contributed by atoms with Gasteiger partial charge >= 0.3 is 5.97 Å². The second-order valence-corrected chi connectivity index (χ2v) is 6.33. The van der Waals surface area contributed by atoms with Gasteiger partial charge in [0.2, 0.25) is 5.79 Å². The molecule has 0 amide bonds. The van der Waals surface area contributed by atoms with Crippen LogP contribution in [0.25, 0.3) is 0 Å². The van der Waals surface area contributed by atoms with E-state index in [0.717, 1.165) is 25.7 Å². The number of methoxy groups -OCH3 is 2. The van der Waals surface area contributed by atoms with E-state index in [4.69, 9.17) is 19.2 Å². The monoisotopic (exact) mass is 340 g/mol. The molecule has 24 heavy (non-hydrogen) atoms. The van der Waals surface area contributed by atoms with Crippen LogP contribution in [0.2, 0.25) is 0 Å². The van der Waals surface area contributed by atoms with Crippen LogP contribution < -0.4 is 0 Å². The average Bonchev–Trinajstić information content (AvgIpc) is 2.61. The van der Waals surface area contributed by atoms with Gasteiger partial charge in [-0.3, -0.25) is 4.79 Å². The van der Waals surface area contributed by atoms with Crippen LogP contribution in [0, 0.1) is 5.92 Å². The topological polar surface area (TPSA) is 54.0 Å². The number of allylic oxidation sites excluding steroid dienone is 4. The van der Waals surface area contributed by atoms with E-state index < -0.39 is 5.79 Å². The lowest BCUT2D eigenvalue weighted by Gasteiger charge is -2.38. The molecule has 0 aromatic carbocycles. The molecule has 1 saturated heterocycles. The molecule has 1 aliphatic rings. The van der Waals surface area contributed by atoms with Crippen molar-refractivity contribution in [1.82, 2.24) is 0 Å². The Kier molecular flexibility index (Phi) is 9.26. The second-order valence-electron chi connectivity index (χ2n) is 6.33. The first kappa shape index (κ1) is 20.9. The molecule has 0 aromatic rings. The van der Waals surface area contributed by atoms with Gasteiger partial charge in [-0.1, -0.05) is 30.7 Å². The van der Waals surface area contributed by atoms with Crippen molar-refractivity contribution in [3.05, 3.63) is 23.8 Å². The lowest BCUT2D eigenvalue weighted by molar-refractivity contribution is -0.469. The number of hydrogen-bond donors (Lipinski definition) is 0. The van der Waals surface area contributed by atoms with Crippen LogP contribution in [0.3, 0.4) is 0 Å². The van der Waals surface area contributed by atoms with Gasteiger partial charge in [0, 0.05) is 20.0 Å². The lowest BCUT2D eigenvalue weighted by Crippen LogP contribution is -2.44. The molecule has 0 aromatic heterocycles. The summed E-state index contributed by atoms with van der Waals surface area (Å²) in [6, 6.07) is 0. The van der Waals surface area contributed by atoms with E-state index >= 15 is 0 Å². The summed E-state index contributed by atoms with van der Waals surface area (Å²) in [5, 5.41) is 0. The maximum Gasteiger partial charge on any atom is 0.311 e. The van der Waals surface area contributed by atoms with Gasteiger partial charge in [-0.25, -0.2) is 9.78 Å². The van der Waals surface area contributed by atoms with Crippen molar-refractivity contribution in [2.24, 2.45) is 5.92 Å². The Morgan fingerprint density at radius 1 is 1.42 bits per heavy atom. The van der Waals surface area contributed by atoms with E-state index in [-0.39, 0.29) is 18.0 Å². The number of carbonyl (C=O) groups is 1. The van der Waals surface area contributed by atoms with Crippen molar-refractivity contribution in [3.8, 4) is 0 Å². The molecule has 1 aliphatic heterocycles. The van der Waals surface area contributed by atoms with E-state index in [1.807, 2.05) is 0 Å². The second kappa shape index (κ2) is 10.6. The van der Waals surface area contributed by atoms with Crippen LogP contribution in [0.5, 0.6) is 0 Å². The molecule has 0 aliphatic carbocycles.